The predicted octanol–water partition coefficient (Wildman–Crippen LogP) is 5.63. The molecule has 2 unspecified atom stereocenters. The minimum Gasteiger partial charge on any atom is -0.376 e. The molecule has 3 N–H and O–H groups in total. The first-order valence-electron chi connectivity index (χ1n) is 12.0. The first-order chi connectivity index (χ1) is 15.9. The average Bonchev–Trinajstić information content (AvgIpc) is 3.47. The minimum absolute atomic E-state index is 0.00767. The molecule has 2 aliphatic carbocycles. The van der Waals surface area contributed by atoms with Crippen molar-refractivity contribution in [1.82, 2.24) is 15.6 Å². The van der Waals surface area contributed by atoms with E-state index in [-0.39, 0.29) is 23.9 Å². The molecule has 2 heterocycles. The fourth-order valence-electron chi connectivity index (χ4n) is 4.41. The highest BCUT2D eigenvalue weighted by molar-refractivity contribution is 7.14. The highest BCUT2D eigenvalue weighted by Crippen LogP contribution is 2.30. The van der Waals surface area contributed by atoms with E-state index in [1.807, 2.05) is 32.0 Å². The van der Waals surface area contributed by atoms with Crippen molar-refractivity contribution in [3.8, 4) is 0 Å². The summed E-state index contributed by atoms with van der Waals surface area (Å²) < 4.78 is 0. The zero-order chi connectivity index (χ0) is 23.4. The van der Waals surface area contributed by atoms with Gasteiger partial charge in [-0.3, -0.25) is 14.6 Å². The zero-order valence-electron chi connectivity index (χ0n) is 19.3. The number of amides is 2. The van der Waals surface area contributed by atoms with Crippen LogP contribution >= 0.6 is 22.9 Å². The SMILES string of the molecule is Cc1ncc(Cl)cc1NC(C)c1ccc(C(=O)NC(CC2CCCCC2)C(=O)NC2CC2)s1. The molecule has 2 amide bonds. The molecule has 33 heavy (non-hydrogen) atoms. The van der Waals surface area contributed by atoms with Gasteiger partial charge in [-0.25, -0.2) is 0 Å². The van der Waals surface area contributed by atoms with Gasteiger partial charge in [-0.05, 0) is 57.2 Å². The summed E-state index contributed by atoms with van der Waals surface area (Å²) in [6.45, 7) is 3.97. The van der Waals surface area contributed by atoms with Crippen LogP contribution in [0, 0.1) is 12.8 Å². The standard InChI is InChI=1S/C25H33ClN4O2S/c1-15-20(13-18(26)14-27-15)28-16(2)22-10-11-23(33-22)25(32)30-21(24(31)29-19-8-9-19)12-17-6-4-3-5-7-17/h10-11,13-14,16-17,19,21,28H,3-9,12H2,1-2H3,(H,29,31)(H,30,32). The van der Waals surface area contributed by atoms with Gasteiger partial charge in [-0.15, -0.1) is 11.3 Å². The Labute approximate surface area is 204 Å². The monoisotopic (exact) mass is 488 g/mol. The van der Waals surface area contributed by atoms with E-state index in [2.05, 4.69) is 20.9 Å². The molecule has 2 atom stereocenters. The Morgan fingerprint density at radius 1 is 1.18 bits per heavy atom. The summed E-state index contributed by atoms with van der Waals surface area (Å²) in [5.74, 6) is 0.296. The van der Waals surface area contributed by atoms with Crippen LogP contribution in [0.15, 0.2) is 24.4 Å². The Kier molecular flexibility index (Phi) is 7.91. The number of rotatable bonds is 9. The topological polar surface area (TPSA) is 83.1 Å². The van der Waals surface area contributed by atoms with Crippen molar-refractivity contribution in [2.24, 2.45) is 5.92 Å². The second kappa shape index (κ2) is 10.9. The van der Waals surface area contributed by atoms with Crippen molar-refractivity contribution in [1.29, 1.82) is 0 Å². The van der Waals surface area contributed by atoms with Crippen LogP contribution in [0.1, 0.15) is 84.6 Å². The van der Waals surface area contributed by atoms with Gasteiger partial charge in [0.1, 0.15) is 6.04 Å². The van der Waals surface area contributed by atoms with Crippen LogP contribution in [-0.4, -0.2) is 28.9 Å². The van der Waals surface area contributed by atoms with Crippen LogP contribution < -0.4 is 16.0 Å². The molecule has 178 valence electrons. The average molecular weight is 489 g/mol. The fraction of sp³-hybridized carbons (Fsp3) is 0.560. The Bertz CT molecular complexity index is 985. The normalized spacial score (nSPS) is 18.4. The third kappa shape index (κ3) is 6.70. The maximum atomic E-state index is 13.1. The minimum atomic E-state index is -0.470. The van der Waals surface area contributed by atoms with E-state index in [0.29, 0.717) is 15.8 Å². The van der Waals surface area contributed by atoms with Crippen molar-refractivity contribution < 1.29 is 9.59 Å². The first-order valence-corrected chi connectivity index (χ1v) is 13.2. The lowest BCUT2D eigenvalue weighted by molar-refractivity contribution is -0.123. The van der Waals surface area contributed by atoms with Gasteiger partial charge in [0.25, 0.3) is 5.91 Å². The van der Waals surface area contributed by atoms with Crippen molar-refractivity contribution in [2.75, 3.05) is 5.32 Å². The van der Waals surface area contributed by atoms with Gasteiger partial charge in [-0.1, -0.05) is 43.7 Å². The van der Waals surface area contributed by atoms with E-state index in [9.17, 15) is 9.59 Å². The molecule has 0 bridgehead atoms. The highest BCUT2D eigenvalue weighted by atomic mass is 35.5. The van der Waals surface area contributed by atoms with Crippen LogP contribution in [0.5, 0.6) is 0 Å². The van der Waals surface area contributed by atoms with Crippen molar-refractivity contribution in [3.05, 3.63) is 44.9 Å². The van der Waals surface area contributed by atoms with E-state index >= 15 is 0 Å². The summed E-state index contributed by atoms with van der Waals surface area (Å²) in [6.07, 6.45) is 10.4. The van der Waals surface area contributed by atoms with E-state index in [1.54, 1.807) is 6.20 Å². The van der Waals surface area contributed by atoms with E-state index in [0.717, 1.165) is 48.4 Å². The molecule has 6 nitrogen and oxygen atoms in total. The van der Waals surface area contributed by atoms with Gasteiger partial charge in [0.15, 0.2) is 0 Å². The van der Waals surface area contributed by atoms with Gasteiger partial charge < -0.3 is 16.0 Å². The second-order valence-electron chi connectivity index (χ2n) is 9.40. The quantitative estimate of drug-likeness (QED) is 0.427. The van der Waals surface area contributed by atoms with Crippen LogP contribution in [-0.2, 0) is 4.79 Å². The van der Waals surface area contributed by atoms with E-state index < -0.39 is 6.04 Å². The van der Waals surface area contributed by atoms with Gasteiger partial charge in [-0.2, -0.15) is 0 Å². The molecular formula is C25H33ClN4O2S. The highest BCUT2D eigenvalue weighted by Gasteiger charge is 2.31. The molecule has 0 aromatic carbocycles. The molecule has 4 rings (SSSR count). The van der Waals surface area contributed by atoms with Crippen molar-refractivity contribution in [2.45, 2.75) is 83.3 Å². The van der Waals surface area contributed by atoms with E-state index in [1.165, 1.54) is 30.6 Å². The fourth-order valence-corrected chi connectivity index (χ4v) is 5.48. The maximum absolute atomic E-state index is 13.1. The molecule has 0 radical (unpaired) electrons. The number of thiophene rings is 1. The number of aryl methyl sites for hydroxylation is 1. The first kappa shape index (κ1) is 24.0. The molecule has 2 saturated carbocycles. The van der Waals surface area contributed by atoms with Crippen LogP contribution in [0.4, 0.5) is 5.69 Å². The Morgan fingerprint density at radius 3 is 2.67 bits per heavy atom. The number of hydrogen-bond donors (Lipinski definition) is 3. The summed E-state index contributed by atoms with van der Waals surface area (Å²) in [5.41, 5.74) is 1.74. The molecule has 0 spiro atoms. The molecule has 2 fully saturated rings. The Hall–Kier alpha value is -2.12. The number of anilines is 1. The molecule has 0 aliphatic heterocycles. The number of pyridine rings is 1. The molecule has 2 aromatic rings. The van der Waals surface area contributed by atoms with Gasteiger partial charge >= 0.3 is 0 Å². The lowest BCUT2D eigenvalue weighted by Gasteiger charge is -2.26. The third-order valence-corrected chi connectivity index (χ3v) is 8.02. The zero-order valence-corrected chi connectivity index (χ0v) is 20.9. The number of halogens is 1. The van der Waals surface area contributed by atoms with Crippen molar-refractivity contribution in [3.63, 3.8) is 0 Å². The van der Waals surface area contributed by atoms with Gasteiger partial charge in [0.2, 0.25) is 5.91 Å². The number of nitrogens with zero attached hydrogens (tertiary/aromatic N) is 1. The Balaban J connectivity index is 1.40. The summed E-state index contributed by atoms with van der Waals surface area (Å²) >= 11 is 7.53. The second-order valence-corrected chi connectivity index (χ2v) is 11.0. The largest absolute Gasteiger partial charge is 0.376 e. The smallest absolute Gasteiger partial charge is 0.262 e. The number of carbonyl (C=O) groups is 2. The number of hydrogen-bond acceptors (Lipinski definition) is 5. The lowest BCUT2D eigenvalue weighted by atomic mass is 9.84. The molecule has 0 saturated heterocycles. The molecule has 2 aliphatic rings. The predicted molar refractivity (Wildman–Crippen MR) is 134 cm³/mol. The van der Waals surface area contributed by atoms with Crippen LogP contribution in [0.3, 0.4) is 0 Å². The number of nitrogens with one attached hydrogen (secondary N) is 3. The Morgan fingerprint density at radius 2 is 1.94 bits per heavy atom. The maximum Gasteiger partial charge on any atom is 0.262 e. The number of carbonyl (C=O) groups excluding carboxylic acids is 2. The summed E-state index contributed by atoms with van der Waals surface area (Å²) in [7, 11) is 0. The van der Waals surface area contributed by atoms with Crippen LogP contribution in [0.25, 0.3) is 0 Å². The molecular weight excluding hydrogens is 456 g/mol. The van der Waals surface area contributed by atoms with Crippen molar-refractivity contribution >= 4 is 40.4 Å². The molecule has 2 aromatic heterocycles. The number of aromatic nitrogens is 1. The lowest BCUT2D eigenvalue weighted by Crippen LogP contribution is -2.48. The van der Waals surface area contributed by atoms with Gasteiger partial charge in [0.05, 0.1) is 27.3 Å². The summed E-state index contributed by atoms with van der Waals surface area (Å²) in [4.78, 5) is 31.9. The third-order valence-electron chi connectivity index (χ3n) is 6.54. The van der Waals surface area contributed by atoms with Crippen LogP contribution in [0.2, 0.25) is 5.02 Å². The summed E-state index contributed by atoms with van der Waals surface area (Å²) in [5, 5.41) is 10.1. The molecule has 8 heteroatoms. The summed E-state index contributed by atoms with van der Waals surface area (Å²) in [6, 6.07) is 5.47. The van der Waals surface area contributed by atoms with Gasteiger partial charge in [0, 0.05) is 17.1 Å². The van der Waals surface area contributed by atoms with E-state index in [4.69, 9.17) is 11.6 Å².